The van der Waals surface area contributed by atoms with Gasteiger partial charge in [-0.05, 0) is 37.6 Å². The topological polar surface area (TPSA) is 126 Å². The second kappa shape index (κ2) is 9.36. The van der Waals surface area contributed by atoms with E-state index in [0.29, 0.717) is 63.3 Å². The van der Waals surface area contributed by atoms with Crippen molar-refractivity contribution in [2.45, 2.75) is 25.3 Å². The molecule has 2 aliphatic rings. The minimum Gasteiger partial charge on any atom is -0.491 e. The smallest absolute Gasteiger partial charge is 0.248 e. The van der Waals surface area contributed by atoms with E-state index in [1.165, 1.54) is 10.5 Å². The fraction of sp³-hybridized carbons (Fsp3) is 0.360. The van der Waals surface area contributed by atoms with Crippen LogP contribution in [0.4, 0.5) is 5.82 Å². The number of imidazole rings is 1. The quantitative estimate of drug-likeness (QED) is 0.431. The Kier molecular flexibility index (Phi) is 6.01. The number of nitrogens with zero attached hydrogens (tertiary/aromatic N) is 6. The lowest BCUT2D eigenvalue weighted by Gasteiger charge is -2.29. The first-order valence-corrected chi connectivity index (χ1v) is 13.6. The summed E-state index contributed by atoms with van der Waals surface area (Å²) in [5, 5.41) is 0. The zero-order chi connectivity index (χ0) is 25.6. The normalized spacial score (nSPS) is 16.9. The first-order valence-electron chi connectivity index (χ1n) is 12.1. The summed E-state index contributed by atoms with van der Waals surface area (Å²) >= 11 is 0. The number of ether oxygens (including phenoxy) is 2. The highest BCUT2D eigenvalue weighted by atomic mass is 32.2. The number of aryl methyl sites for hydroxylation is 2. The molecule has 2 aliphatic heterocycles. The number of pyridine rings is 1. The highest BCUT2D eigenvalue weighted by Crippen LogP contribution is 2.33. The van der Waals surface area contributed by atoms with Crippen molar-refractivity contribution in [3.63, 3.8) is 0 Å². The number of nitrogens with one attached hydrogen (secondary N) is 1. The third-order valence-corrected chi connectivity index (χ3v) is 8.46. The van der Waals surface area contributed by atoms with Crippen LogP contribution < -0.4 is 9.64 Å². The predicted octanol–water partition coefficient (Wildman–Crippen LogP) is 2.45. The molecular weight excluding hydrogens is 494 g/mol. The summed E-state index contributed by atoms with van der Waals surface area (Å²) in [6.07, 6.45) is 3.22. The van der Waals surface area contributed by atoms with Crippen LogP contribution in [-0.2, 0) is 21.3 Å². The minimum atomic E-state index is -3.79. The SMILES string of the molecule is Cc1ncc(S(=O)(=O)N2CCOCC2)c(N2CCOc3ccc(-c4cnc5nc(C)[nH]c5c4)cc3C2)n1. The maximum absolute atomic E-state index is 13.6. The summed E-state index contributed by atoms with van der Waals surface area (Å²) in [4.78, 5) is 23.0. The first kappa shape index (κ1) is 23.8. The Morgan fingerprint density at radius 1 is 0.946 bits per heavy atom. The molecular formula is C25H27N7O4S. The van der Waals surface area contributed by atoms with Crippen molar-refractivity contribution in [3.05, 3.63) is 53.9 Å². The molecule has 0 atom stereocenters. The van der Waals surface area contributed by atoms with Crippen LogP contribution in [0.15, 0.2) is 41.6 Å². The molecule has 3 aromatic heterocycles. The molecule has 0 unspecified atom stereocenters. The lowest BCUT2D eigenvalue weighted by molar-refractivity contribution is 0.0730. The molecule has 1 fully saturated rings. The molecule has 192 valence electrons. The summed E-state index contributed by atoms with van der Waals surface area (Å²) in [7, 11) is -3.79. The van der Waals surface area contributed by atoms with Gasteiger partial charge in [-0.3, -0.25) is 0 Å². The number of H-pyrrole nitrogens is 1. The molecule has 1 aromatic carbocycles. The second-order valence-electron chi connectivity index (χ2n) is 9.13. The van der Waals surface area contributed by atoms with Crippen molar-refractivity contribution in [1.82, 2.24) is 29.2 Å². The lowest BCUT2D eigenvalue weighted by Crippen LogP contribution is -2.41. The van der Waals surface area contributed by atoms with Crippen LogP contribution in [0.2, 0.25) is 0 Å². The summed E-state index contributed by atoms with van der Waals surface area (Å²) in [6.45, 7) is 6.32. The van der Waals surface area contributed by atoms with Gasteiger partial charge in [-0.15, -0.1) is 0 Å². The van der Waals surface area contributed by atoms with Gasteiger partial charge in [0, 0.05) is 37.0 Å². The minimum absolute atomic E-state index is 0.101. The van der Waals surface area contributed by atoms with Crippen molar-refractivity contribution in [2.75, 3.05) is 44.4 Å². The Morgan fingerprint density at radius 2 is 1.78 bits per heavy atom. The molecule has 1 saturated heterocycles. The van der Waals surface area contributed by atoms with Crippen LogP contribution in [0.5, 0.6) is 5.75 Å². The van der Waals surface area contributed by atoms with Crippen LogP contribution >= 0.6 is 0 Å². The van der Waals surface area contributed by atoms with Crippen molar-refractivity contribution in [3.8, 4) is 16.9 Å². The van der Waals surface area contributed by atoms with Crippen LogP contribution in [0, 0.1) is 13.8 Å². The fourth-order valence-electron chi connectivity index (χ4n) is 4.71. The van der Waals surface area contributed by atoms with E-state index in [9.17, 15) is 8.42 Å². The Balaban J connectivity index is 1.37. The van der Waals surface area contributed by atoms with Crippen LogP contribution in [0.3, 0.4) is 0 Å². The number of hydrogen-bond donors (Lipinski definition) is 1. The Hall–Kier alpha value is -3.61. The van der Waals surface area contributed by atoms with Crippen LogP contribution in [0.25, 0.3) is 22.3 Å². The van der Waals surface area contributed by atoms with E-state index in [1.807, 2.05) is 30.0 Å². The number of morpholine rings is 1. The van der Waals surface area contributed by atoms with Crippen LogP contribution in [-0.4, -0.2) is 77.1 Å². The maximum atomic E-state index is 13.6. The number of sulfonamides is 1. The van der Waals surface area contributed by atoms with Gasteiger partial charge in [0.25, 0.3) is 0 Å². The van der Waals surface area contributed by atoms with E-state index in [1.54, 1.807) is 13.1 Å². The maximum Gasteiger partial charge on any atom is 0.248 e. The van der Waals surface area contributed by atoms with Gasteiger partial charge in [0.2, 0.25) is 10.0 Å². The number of benzene rings is 1. The number of fused-ring (bicyclic) bond motifs is 2. The van der Waals surface area contributed by atoms with E-state index in [0.717, 1.165) is 33.8 Å². The van der Waals surface area contributed by atoms with Crippen molar-refractivity contribution >= 4 is 27.0 Å². The molecule has 0 saturated carbocycles. The van der Waals surface area contributed by atoms with Crippen molar-refractivity contribution in [1.29, 1.82) is 0 Å². The van der Waals surface area contributed by atoms with E-state index >= 15 is 0 Å². The number of aromatic amines is 1. The molecule has 12 heteroatoms. The second-order valence-corrected chi connectivity index (χ2v) is 11.0. The van der Waals surface area contributed by atoms with E-state index in [-0.39, 0.29) is 4.90 Å². The van der Waals surface area contributed by atoms with Gasteiger partial charge in [-0.25, -0.2) is 28.4 Å². The number of hydrogen-bond acceptors (Lipinski definition) is 9. The average molecular weight is 522 g/mol. The van der Waals surface area contributed by atoms with Crippen molar-refractivity contribution in [2.24, 2.45) is 0 Å². The molecule has 0 bridgehead atoms. The van der Waals surface area contributed by atoms with E-state index in [2.05, 4.69) is 31.0 Å². The summed E-state index contributed by atoms with van der Waals surface area (Å²) < 4.78 is 40.0. The fourth-order valence-corrected chi connectivity index (χ4v) is 6.21. The summed E-state index contributed by atoms with van der Waals surface area (Å²) in [5.74, 6) is 2.47. The number of anilines is 1. The monoisotopic (exact) mass is 521 g/mol. The Morgan fingerprint density at radius 3 is 2.62 bits per heavy atom. The zero-order valence-corrected chi connectivity index (χ0v) is 21.5. The van der Waals surface area contributed by atoms with E-state index in [4.69, 9.17) is 9.47 Å². The highest BCUT2D eigenvalue weighted by molar-refractivity contribution is 7.89. The molecule has 37 heavy (non-hydrogen) atoms. The molecule has 4 aromatic rings. The van der Waals surface area contributed by atoms with Gasteiger partial charge in [0.15, 0.2) is 11.5 Å². The zero-order valence-electron chi connectivity index (χ0n) is 20.6. The van der Waals surface area contributed by atoms with Crippen molar-refractivity contribution < 1.29 is 17.9 Å². The largest absolute Gasteiger partial charge is 0.491 e. The molecule has 5 heterocycles. The van der Waals surface area contributed by atoms with Gasteiger partial charge < -0.3 is 19.4 Å². The Labute approximate surface area is 214 Å². The third kappa shape index (κ3) is 4.52. The molecule has 0 amide bonds. The van der Waals surface area contributed by atoms with Gasteiger partial charge in [0.05, 0.1) is 31.5 Å². The van der Waals surface area contributed by atoms with Gasteiger partial charge in [-0.2, -0.15) is 4.31 Å². The highest BCUT2D eigenvalue weighted by Gasteiger charge is 2.32. The summed E-state index contributed by atoms with van der Waals surface area (Å²) in [5.41, 5.74) is 4.41. The average Bonchev–Trinajstić information content (AvgIpc) is 3.14. The lowest BCUT2D eigenvalue weighted by atomic mass is 10.0. The van der Waals surface area contributed by atoms with Gasteiger partial charge >= 0.3 is 0 Å². The molecule has 1 N–H and O–H groups in total. The first-order chi connectivity index (χ1) is 17.9. The molecule has 0 spiro atoms. The predicted molar refractivity (Wildman–Crippen MR) is 137 cm³/mol. The van der Waals surface area contributed by atoms with Gasteiger partial charge in [-0.1, -0.05) is 6.07 Å². The molecule has 0 aliphatic carbocycles. The molecule has 11 nitrogen and oxygen atoms in total. The third-order valence-electron chi connectivity index (χ3n) is 6.57. The standard InChI is InChI=1S/C25H27N7O4S/c1-16-26-14-23(37(33,34)32-6-8-35-9-7-32)25(30-16)31-5-10-36-22-4-3-18(11-20(22)15-31)19-12-21-24(27-13-19)29-17(2)28-21/h3-4,11-14H,5-10,15H2,1-2H3,(H,27,28,29). The number of aromatic nitrogens is 5. The summed E-state index contributed by atoms with van der Waals surface area (Å²) in [6, 6.07) is 8.04. The Bertz CT molecular complexity index is 1580. The van der Waals surface area contributed by atoms with E-state index < -0.39 is 10.0 Å². The number of rotatable bonds is 4. The molecule has 0 radical (unpaired) electrons. The van der Waals surface area contributed by atoms with Crippen LogP contribution in [0.1, 0.15) is 17.2 Å². The molecule has 6 rings (SSSR count). The van der Waals surface area contributed by atoms with Gasteiger partial charge in [0.1, 0.15) is 28.9 Å².